The molecule has 0 aromatic carbocycles. The summed E-state index contributed by atoms with van der Waals surface area (Å²) in [5.41, 5.74) is 0. The van der Waals surface area contributed by atoms with Crippen molar-refractivity contribution in [3.8, 4) is 6.01 Å². The first-order chi connectivity index (χ1) is 9.55. The van der Waals surface area contributed by atoms with Gasteiger partial charge in [0, 0.05) is 12.6 Å². The molecule has 0 fully saturated rings. The van der Waals surface area contributed by atoms with E-state index in [1.807, 2.05) is 32.5 Å². The molecule has 20 heavy (non-hydrogen) atoms. The lowest BCUT2D eigenvalue weighted by Crippen LogP contribution is -2.20. The molecule has 1 rings (SSSR count). The van der Waals surface area contributed by atoms with Crippen LogP contribution in [0.15, 0.2) is 0 Å². The number of aromatic nitrogens is 3. The highest BCUT2D eigenvalue weighted by Gasteiger charge is 2.10. The van der Waals surface area contributed by atoms with Crippen molar-refractivity contribution in [2.75, 3.05) is 29.2 Å². The van der Waals surface area contributed by atoms with Crippen LogP contribution in [0.25, 0.3) is 0 Å². The number of nitrogens with one attached hydrogen (secondary N) is 2. The monoisotopic (exact) mass is 299 g/mol. The van der Waals surface area contributed by atoms with Crippen molar-refractivity contribution in [3.05, 3.63) is 0 Å². The van der Waals surface area contributed by atoms with E-state index in [2.05, 4.69) is 38.8 Å². The predicted octanol–water partition coefficient (Wildman–Crippen LogP) is 2.64. The van der Waals surface area contributed by atoms with Crippen molar-refractivity contribution in [2.45, 2.75) is 46.3 Å². The van der Waals surface area contributed by atoms with Crippen LogP contribution < -0.4 is 15.4 Å². The summed E-state index contributed by atoms with van der Waals surface area (Å²) in [7, 11) is 0. The summed E-state index contributed by atoms with van der Waals surface area (Å²) >= 11 is 1.83. The van der Waals surface area contributed by atoms with E-state index in [4.69, 9.17) is 4.74 Å². The lowest BCUT2D eigenvalue weighted by Gasteiger charge is -2.15. The van der Waals surface area contributed by atoms with Gasteiger partial charge in [0.15, 0.2) is 0 Å². The van der Waals surface area contributed by atoms with Crippen LogP contribution in [0.3, 0.4) is 0 Å². The topological polar surface area (TPSA) is 72.0 Å². The van der Waals surface area contributed by atoms with Gasteiger partial charge in [0.1, 0.15) is 0 Å². The molecule has 1 unspecified atom stereocenters. The third-order valence-electron chi connectivity index (χ3n) is 2.42. The summed E-state index contributed by atoms with van der Waals surface area (Å²) in [6, 6.07) is 0.664. The number of thioether (sulfide) groups is 1. The van der Waals surface area contributed by atoms with Crippen molar-refractivity contribution in [1.82, 2.24) is 15.0 Å². The Bertz CT molecular complexity index is 402. The number of anilines is 2. The van der Waals surface area contributed by atoms with Crippen molar-refractivity contribution in [3.63, 3.8) is 0 Å². The van der Waals surface area contributed by atoms with E-state index >= 15 is 0 Å². The molecule has 0 bridgehead atoms. The van der Waals surface area contributed by atoms with Gasteiger partial charge in [-0.3, -0.25) is 0 Å². The normalized spacial score (nSPS) is 12.3. The Kier molecular flexibility index (Phi) is 7.43. The SMILES string of the molecule is CCNc1nc(NC(C)CCSC)nc(OC(C)C)n1. The fourth-order valence-electron chi connectivity index (χ4n) is 1.51. The van der Waals surface area contributed by atoms with E-state index in [-0.39, 0.29) is 6.10 Å². The fraction of sp³-hybridized carbons (Fsp3) is 0.769. The Morgan fingerprint density at radius 1 is 1.15 bits per heavy atom. The smallest absolute Gasteiger partial charge is 0.323 e. The number of ether oxygens (including phenoxy) is 1. The van der Waals surface area contributed by atoms with Gasteiger partial charge in [0.2, 0.25) is 11.9 Å². The van der Waals surface area contributed by atoms with Crippen LogP contribution in [0.1, 0.15) is 34.1 Å². The minimum atomic E-state index is 0.0358. The fourth-order valence-corrected chi connectivity index (χ4v) is 2.10. The second-order valence-corrected chi connectivity index (χ2v) is 5.77. The molecule has 1 heterocycles. The zero-order chi connectivity index (χ0) is 15.0. The van der Waals surface area contributed by atoms with Gasteiger partial charge in [-0.1, -0.05) is 0 Å². The molecular weight excluding hydrogens is 274 g/mol. The Balaban J connectivity index is 2.79. The minimum absolute atomic E-state index is 0.0358. The number of nitrogens with zero attached hydrogens (tertiary/aromatic N) is 3. The number of hydrogen-bond acceptors (Lipinski definition) is 7. The maximum Gasteiger partial charge on any atom is 0.323 e. The molecule has 0 spiro atoms. The molecule has 1 aromatic heterocycles. The van der Waals surface area contributed by atoms with Crippen LogP contribution in [-0.2, 0) is 0 Å². The highest BCUT2D eigenvalue weighted by Crippen LogP contribution is 2.14. The van der Waals surface area contributed by atoms with Gasteiger partial charge in [-0.2, -0.15) is 26.7 Å². The molecule has 0 aliphatic carbocycles. The quantitative estimate of drug-likeness (QED) is 0.726. The molecular formula is C13H25N5OS. The Morgan fingerprint density at radius 3 is 2.45 bits per heavy atom. The molecule has 6 nitrogen and oxygen atoms in total. The molecule has 0 aliphatic heterocycles. The van der Waals surface area contributed by atoms with Gasteiger partial charge < -0.3 is 15.4 Å². The first-order valence-electron chi connectivity index (χ1n) is 6.97. The summed E-state index contributed by atoms with van der Waals surface area (Å²) < 4.78 is 5.56. The predicted molar refractivity (Wildman–Crippen MR) is 85.8 cm³/mol. The van der Waals surface area contributed by atoms with Crippen LogP contribution in [0.5, 0.6) is 6.01 Å². The van der Waals surface area contributed by atoms with Gasteiger partial charge in [-0.15, -0.1) is 0 Å². The number of rotatable bonds is 9. The highest BCUT2D eigenvalue weighted by molar-refractivity contribution is 7.98. The number of hydrogen-bond donors (Lipinski definition) is 2. The zero-order valence-electron chi connectivity index (χ0n) is 12.9. The van der Waals surface area contributed by atoms with Gasteiger partial charge in [-0.05, 0) is 46.1 Å². The van der Waals surface area contributed by atoms with Gasteiger partial charge >= 0.3 is 6.01 Å². The Hall–Kier alpha value is -1.24. The van der Waals surface area contributed by atoms with Crippen molar-refractivity contribution in [2.24, 2.45) is 0 Å². The van der Waals surface area contributed by atoms with E-state index in [9.17, 15) is 0 Å². The highest BCUT2D eigenvalue weighted by atomic mass is 32.2. The van der Waals surface area contributed by atoms with Crippen LogP contribution in [-0.4, -0.2) is 45.7 Å². The first-order valence-corrected chi connectivity index (χ1v) is 8.36. The molecule has 114 valence electrons. The lowest BCUT2D eigenvalue weighted by molar-refractivity contribution is 0.222. The average Bonchev–Trinajstić information content (AvgIpc) is 2.35. The maximum absolute atomic E-state index is 5.56. The average molecular weight is 299 g/mol. The first kappa shape index (κ1) is 16.8. The van der Waals surface area contributed by atoms with Crippen LogP contribution in [0.2, 0.25) is 0 Å². The summed E-state index contributed by atoms with van der Waals surface area (Å²) in [4.78, 5) is 12.9. The second-order valence-electron chi connectivity index (χ2n) is 4.79. The lowest BCUT2D eigenvalue weighted by atomic mass is 10.3. The van der Waals surface area contributed by atoms with Crippen LogP contribution in [0, 0.1) is 0 Å². The standard InChI is InChI=1S/C13H25N5OS/c1-6-14-11-16-12(15-10(4)7-8-20-5)18-13(17-11)19-9(2)3/h9-10H,6-8H2,1-5H3,(H2,14,15,16,17,18). The zero-order valence-corrected chi connectivity index (χ0v) is 13.8. The summed E-state index contributed by atoms with van der Waals surface area (Å²) in [5.74, 6) is 2.20. The van der Waals surface area contributed by atoms with Gasteiger partial charge in [0.25, 0.3) is 0 Å². The van der Waals surface area contributed by atoms with Crippen molar-refractivity contribution < 1.29 is 4.74 Å². The van der Waals surface area contributed by atoms with Gasteiger partial charge in [-0.25, -0.2) is 0 Å². The molecule has 2 N–H and O–H groups in total. The van der Waals surface area contributed by atoms with Crippen molar-refractivity contribution in [1.29, 1.82) is 0 Å². The van der Waals surface area contributed by atoms with E-state index < -0.39 is 0 Å². The molecule has 0 aliphatic rings. The summed E-state index contributed by atoms with van der Waals surface area (Å²) in [6.45, 7) is 8.78. The van der Waals surface area contributed by atoms with E-state index in [1.54, 1.807) is 0 Å². The van der Waals surface area contributed by atoms with E-state index in [1.165, 1.54) is 0 Å². The minimum Gasteiger partial charge on any atom is -0.461 e. The largest absolute Gasteiger partial charge is 0.461 e. The second kappa shape index (κ2) is 8.84. The molecule has 0 amide bonds. The van der Waals surface area contributed by atoms with Crippen molar-refractivity contribution >= 4 is 23.7 Å². The van der Waals surface area contributed by atoms with Gasteiger partial charge in [0.05, 0.1) is 6.10 Å². The summed E-state index contributed by atoms with van der Waals surface area (Å²) in [6.07, 6.45) is 3.20. The third-order valence-corrected chi connectivity index (χ3v) is 3.07. The van der Waals surface area contributed by atoms with Crippen LogP contribution in [0.4, 0.5) is 11.9 Å². The molecule has 0 saturated heterocycles. The maximum atomic E-state index is 5.56. The Morgan fingerprint density at radius 2 is 1.85 bits per heavy atom. The molecule has 1 aromatic rings. The summed E-state index contributed by atoms with van der Waals surface area (Å²) in [5, 5.41) is 6.39. The third kappa shape index (κ3) is 6.27. The van der Waals surface area contributed by atoms with E-state index in [0.29, 0.717) is 23.9 Å². The Labute approximate surface area is 125 Å². The molecule has 7 heteroatoms. The molecule has 0 radical (unpaired) electrons. The van der Waals surface area contributed by atoms with E-state index in [0.717, 1.165) is 18.7 Å². The molecule has 0 saturated carbocycles. The van der Waals surface area contributed by atoms with Crippen LogP contribution >= 0.6 is 11.8 Å². The molecule has 1 atom stereocenters.